The molecule has 0 aliphatic carbocycles. The van der Waals surface area contributed by atoms with Crippen molar-refractivity contribution < 1.29 is 14.6 Å². The molecule has 0 aliphatic heterocycles. The number of hydrogen-bond acceptors (Lipinski definition) is 3. The summed E-state index contributed by atoms with van der Waals surface area (Å²) in [5.41, 5.74) is 1.39. The third kappa shape index (κ3) is 4.07. The number of ether oxygens (including phenoxy) is 1. The number of hydrogen-bond donors (Lipinski definition) is 2. The molecule has 0 aliphatic rings. The van der Waals surface area contributed by atoms with Gasteiger partial charge in [0, 0.05) is 11.3 Å². The van der Waals surface area contributed by atoms with E-state index in [-0.39, 0.29) is 5.91 Å². The van der Waals surface area contributed by atoms with E-state index in [9.17, 15) is 9.90 Å². The van der Waals surface area contributed by atoms with E-state index in [0.29, 0.717) is 11.3 Å². The van der Waals surface area contributed by atoms with Gasteiger partial charge in [-0.2, -0.15) is 0 Å². The van der Waals surface area contributed by atoms with Crippen LogP contribution in [0.25, 0.3) is 0 Å². The van der Waals surface area contributed by atoms with Gasteiger partial charge in [-0.25, -0.2) is 0 Å². The fourth-order valence-corrected chi connectivity index (χ4v) is 1.94. The topological polar surface area (TPSA) is 58.6 Å². The smallest absolute Gasteiger partial charge is 0.265 e. The second-order valence-corrected chi connectivity index (χ2v) is 4.83. The molecule has 2 N–H and O–H groups in total. The first kappa shape index (κ1) is 15.1. The third-order valence-electron chi connectivity index (χ3n) is 3.08. The van der Waals surface area contributed by atoms with Crippen LogP contribution in [0.4, 0.5) is 5.69 Å². The Labute approximate surface area is 124 Å². The molecule has 0 heterocycles. The number of aliphatic hydroxyl groups is 1. The Morgan fingerprint density at radius 3 is 2.33 bits per heavy atom. The second kappa shape index (κ2) is 6.90. The molecule has 2 atom stereocenters. The lowest BCUT2D eigenvalue weighted by Gasteiger charge is -2.18. The van der Waals surface area contributed by atoms with Crippen LogP contribution in [0.2, 0.25) is 0 Å². The molecule has 1 unspecified atom stereocenters. The highest BCUT2D eigenvalue weighted by Gasteiger charge is 2.17. The van der Waals surface area contributed by atoms with Crippen LogP contribution in [0, 0.1) is 0 Å². The summed E-state index contributed by atoms with van der Waals surface area (Å²) in [7, 11) is 0. The van der Waals surface area contributed by atoms with Crippen LogP contribution in [0.1, 0.15) is 25.5 Å². The van der Waals surface area contributed by atoms with Gasteiger partial charge in [-0.3, -0.25) is 4.79 Å². The van der Waals surface area contributed by atoms with E-state index in [1.165, 1.54) is 0 Å². The first-order valence-electron chi connectivity index (χ1n) is 6.87. The highest BCUT2D eigenvalue weighted by Crippen LogP contribution is 2.25. The van der Waals surface area contributed by atoms with E-state index in [0.717, 1.165) is 5.69 Å². The number of carbonyl (C=O) groups excluding carboxylic acids is 1. The van der Waals surface area contributed by atoms with Crippen LogP contribution >= 0.6 is 0 Å². The molecular formula is C17H19NO3. The summed E-state index contributed by atoms with van der Waals surface area (Å²) >= 11 is 0. The van der Waals surface area contributed by atoms with Crippen molar-refractivity contribution in [1.29, 1.82) is 0 Å². The van der Waals surface area contributed by atoms with Crippen molar-refractivity contribution in [3.63, 3.8) is 0 Å². The molecule has 0 radical (unpaired) electrons. The summed E-state index contributed by atoms with van der Waals surface area (Å²) in [4.78, 5) is 12.1. The number of rotatable bonds is 5. The van der Waals surface area contributed by atoms with Crippen molar-refractivity contribution in [2.24, 2.45) is 0 Å². The predicted molar refractivity (Wildman–Crippen MR) is 82.2 cm³/mol. The number of para-hydroxylation sites is 2. The average molecular weight is 285 g/mol. The van der Waals surface area contributed by atoms with Crippen molar-refractivity contribution in [1.82, 2.24) is 0 Å². The zero-order valence-electron chi connectivity index (χ0n) is 12.1. The molecule has 0 saturated heterocycles. The number of aliphatic hydroxyl groups excluding tert-OH is 1. The Morgan fingerprint density at radius 2 is 1.67 bits per heavy atom. The van der Waals surface area contributed by atoms with Crippen LogP contribution in [-0.2, 0) is 4.79 Å². The third-order valence-corrected chi connectivity index (χ3v) is 3.08. The quantitative estimate of drug-likeness (QED) is 0.887. The SMILES string of the molecule is CC(Oc1ccccc1[C@H](C)O)C(=O)Nc1ccccc1. The van der Waals surface area contributed by atoms with Gasteiger partial charge in [-0.1, -0.05) is 36.4 Å². The van der Waals surface area contributed by atoms with Crippen LogP contribution < -0.4 is 10.1 Å². The monoisotopic (exact) mass is 285 g/mol. The molecule has 2 aromatic carbocycles. The Morgan fingerprint density at radius 1 is 1.05 bits per heavy atom. The molecule has 0 fully saturated rings. The summed E-state index contributed by atoms with van der Waals surface area (Å²) in [6, 6.07) is 16.4. The lowest BCUT2D eigenvalue weighted by molar-refractivity contribution is -0.122. The molecular weight excluding hydrogens is 266 g/mol. The number of benzene rings is 2. The molecule has 2 aromatic rings. The fourth-order valence-electron chi connectivity index (χ4n) is 1.94. The normalized spacial score (nSPS) is 13.3. The number of anilines is 1. The van der Waals surface area contributed by atoms with E-state index in [4.69, 9.17) is 4.74 Å². The van der Waals surface area contributed by atoms with Crippen LogP contribution in [0.3, 0.4) is 0 Å². The number of carbonyl (C=O) groups is 1. The van der Waals surface area contributed by atoms with Gasteiger partial charge in [0.1, 0.15) is 5.75 Å². The van der Waals surface area contributed by atoms with E-state index in [1.54, 1.807) is 26.0 Å². The molecule has 0 spiro atoms. The van der Waals surface area contributed by atoms with Crippen LogP contribution in [0.5, 0.6) is 5.75 Å². The van der Waals surface area contributed by atoms with E-state index in [2.05, 4.69) is 5.32 Å². The molecule has 0 aromatic heterocycles. The van der Waals surface area contributed by atoms with E-state index >= 15 is 0 Å². The van der Waals surface area contributed by atoms with Crippen molar-refractivity contribution in [2.75, 3.05) is 5.32 Å². The first-order chi connectivity index (χ1) is 10.1. The fraction of sp³-hybridized carbons (Fsp3) is 0.235. The summed E-state index contributed by atoms with van der Waals surface area (Å²) in [5, 5.41) is 12.5. The summed E-state index contributed by atoms with van der Waals surface area (Å²) in [6.45, 7) is 3.34. The molecule has 21 heavy (non-hydrogen) atoms. The van der Waals surface area contributed by atoms with Gasteiger partial charge >= 0.3 is 0 Å². The van der Waals surface area contributed by atoms with Gasteiger partial charge < -0.3 is 15.2 Å². The Hall–Kier alpha value is -2.33. The summed E-state index contributed by atoms with van der Waals surface area (Å²) in [5.74, 6) is 0.282. The largest absolute Gasteiger partial charge is 0.481 e. The van der Waals surface area contributed by atoms with Gasteiger partial charge in [0.25, 0.3) is 5.91 Å². The highest BCUT2D eigenvalue weighted by molar-refractivity contribution is 5.94. The Bertz CT molecular complexity index is 596. The van der Waals surface area contributed by atoms with Crippen molar-refractivity contribution >= 4 is 11.6 Å². The molecule has 1 amide bonds. The van der Waals surface area contributed by atoms with Gasteiger partial charge in [-0.05, 0) is 32.0 Å². The lowest BCUT2D eigenvalue weighted by atomic mass is 10.1. The maximum atomic E-state index is 12.1. The summed E-state index contributed by atoms with van der Waals surface area (Å²) < 4.78 is 5.67. The van der Waals surface area contributed by atoms with E-state index < -0.39 is 12.2 Å². The predicted octanol–water partition coefficient (Wildman–Crippen LogP) is 3.15. The minimum absolute atomic E-state index is 0.235. The van der Waals surface area contributed by atoms with E-state index in [1.807, 2.05) is 42.5 Å². The molecule has 110 valence electrons. The van der Waals surface area contributed by atoms with Gasteiger partial charge in [0.05, 0.1) is 6.10 Å². The molecule has 0 bridgehead atoms. The average Bonchev–Trinajstić information content (AvgIpc) is 2.48. The zero-order valence-corrected chi connectivity index (χ0v) is 12.1. The van der Waals surface area contributed by atoms with Gasteiger partial charge in [0.15, 0.2) is 6.10 Å². The molecule has 4 heteroatoms. The van der Waals surface area contributed by atoms with Crippen molar-refractivity contribution in [3.8, 4) is 5.75 Å². The maximum Gasteiger partial charge on any atom is 0.265 e. The zero-order chi connectivity index (χ0) is 15.2. The minimum Gasteiger partial charge on any atom is -0.481 e. The van der Waals surface area contributed by atoms with Crippen LogP contribution in [0.15, 0.2) is 54.6 Å². The maximum absolute atomic E-state index is 12.1. The summed E-state index contributed by atoms with van der Waals surface area (Å²) in [6.07, 6.45) is -1.31. The number of amides is 1. The second-order valence-electron chi connectivity index (χ2n) is 4.83. The standard InChI is InChI=1S/C17H19NO3/c1-12(19)15-10-6-7-11-16(15)21-13(2)17(20)18-14-8-4-3-5-9-14/h3-13,19H,1-2H3,(H,18,20)/t12-,13?/m0/s1. The highest BCUT2D eigenvalue weighted by atomic mass is 16.5. The van der Waals surface area contributed by atoms with Crippen LogP contribution in [-0.4, -0.2) is 17.1 Å². The van der Waals surface area contributed by atoms with Crippen molar-refractivity contribution in [3.05, 3.63) is 60.2 Å². The lowest BCUT2D eigenvalue weighted by Crippen LogP contribution is -2.30. The number of nitrogens with one attached hydrogen (secondary N) is 1. The first-order valence-corrected chi connectivity index (χ1v) is 6.87. The van der Waals surface area contributed by atoms with Gasteiger partial charge in [0.2, 0.25) is 0 Å². The molecule has 4 nitrogen and oxygen atoms in total. The molecule has 2 rings (SSSR count). The van der Waals surface area contributed by atoms with Crippen molar-refractivity contribution in [2.45, 2.75) is 26.1 Å². The Kier molecular flexibility index (Phi) is 4.95. The minimum atomic E-state index is -0.662. The van der Waals surface area contributed by atoms with Gasteiger partial charge in [-0.15, -0.1) is 0 Å². The Balaban J connectivity index is 2.04. The molecule has 0 saturated carbocycles.